The van der Waals surface area contributed by atoms with Crippen LogP contribution >= 0.6 is 0 Å². The van der Waals surface area contributed by atoms with Gasteiger partial charge in [-0.25, -0.2) is 0 Å². The maximum absolute atomic E-state index is 12.6. The van der Waals surface area contributed by atoms with Crippen molar-refractivity contribution in [2.75, 3.05) is 20.3 Å². The van der Waals surface area contributed by atoms with Crippen LogP contribution < -0.4 is 5.32 Å². The highest BCUT2D eigenvalue weighted by Crippen LogP contribution is 2.43. The summed E-state index contributed by atoms with van der Waals surface area (Å²) >= 11 is 0. The van der Waals surface area contributed by atoms with Crippen LogP contribution in [0.5, 0.6) is 0 Å². The van der Waals surface area contributed by atoms with E-state index in [4.69, 9.17) is 9.47 Å². The van der Waals surface area contributed by atoms with E-state index in [1.54, 1.807) is 11.8 Å². The van der Waals surface area contributed by atoms with Gasteiger partial charge in [-0.15, -0.1) is 0 Å². The van der Waals surface area contributed by atoms with Crippen molar-refractivity contribution in [2.45, 2.75) is 38.3 Å². The van der Waals surface area contributed by atoms with Gasteiger partial charge >= 0.3 is 0 Å². The van der Waals surface area contributed by atoms with Gasteiger partial charge in [0.05, 0.1) is 18.4 Å². The van der Waals surface area contributed by atoms with Crippen LogP contribution in [0, 0.1) is 11.8 Å². The largest absolute Gasteiger partial charge is 0.384 e. The van der Waals surface area contributed by atoms with E-state index in [0.29, 0.717) is 24.1 Å². The van der Waals surface area contributed by atoms with E-state index in [0.717, 1.165) is 18.7 Å². The molecule has 1 saturated carbocycles. The highest BCUT2D eigenvalue weighted by Gasteiger charge is 2.54. The molecule has 0 radical (unpaired) electrons. The van der Waals surface area contributed by atoms with E-state index < -0.39 is 0 Å². The molecular formula is C16H25N3O3. The molecule has 3 rings (SSSR count). The van der Waals surface area contributed by atoms with Crippen molar-refractivity contribution >= 4 is 5.91 Å². The minimum atomic E-state index is -0.0571. The Balaban J connectivity index is 1.71. The van der Waals surface area contributed by atoms with E-state index in [-0.39, 0.29) is 24.0 Å². The number of amides is 1. The molecular weight excluding hydrogens is 282 g/mol. The molecule has 2 heterocycles. The molecule has 1 saturated heterocycles. The summed E-state index contributed by atoms with van der Waals surface area (Å²) in [5.41, 5.74) is 1.55. The maximum atomic E-state index is 12.6. The highest BCUT2D eigenvalue weighted by molar-refractivity contribution is 5.93. The minimum absolute atomic E-state index is 0.0571. The van der Waals surface area contributed by atoms with Crippen molar-refractivity contribution in [3.63, 3.8) is 0 Å². The Morgan fingerprint density at radius 3 is 3.00 bits per heavy atom. The SMILES string of the molecule is COC[C@@H]1[C@H](NC(=O)c2cc(C(C)C)nn2C)[C@H]2CCO[C@H]21. The normalized spacial score (nSPS) is 30.2. The number of methoxy groups -OCH3 is 1. The number of ether oxygens (including phenoxy) is 2. The first-order valence-corrected chi connectivity index (χ1v) is 7.98. The molecule has 4 atom stereocenters. The van der Waals surface area contributed by atoms with Gasteiger partial charge in [-0.2, -0.15) is 5.10 Å². The van der Waals surface area contributed by atoms with Crippen LogP contribution in [0.4, 0.5) is 0 Å². The molecule has 6 heteroatoms. The van der Waals surface area contributed by atoms with Crippen LogP contribution in [0.25, 0.3) is 0 Å². The lowest BCUT2D eigenvalue weighted by molar-refractivity contribution is -0.0810. The molecule has 22 heavy (non-hydrogen) atoms. The molecule has 2 aliphatic rings. The zero-order valence-corrected chi connectivity index (χ0v) is 13.7. The number of nitrogens with zero attached hydrogens (tertiary/aromatic N) is 2. The van der Waals surface area contributed by atoms with Crippen molar-refractivity contribution in [2.24, 2.45) is 18.9 Å². The lowest BCUT2D eigenvalue weighted by Crippen LogP contribution is -2.62. The predicted molar refractivity (Wildman–Crippen MR) is 81.8 cm³/mol. The summed E-state index contributed by atoms with van der Waals surface area (Å²) in [6.07, 6.45) is 1.25. The topological polar surface area (TPSA) is 65.4 Å². The van der Waals surface area contributed by atoms with Gasteiger partial charge in [-0.05, 0) is 18.4 Å². The Labute approximate surface area is 131 Å². The number of carbonyl (C=O) groups is 1. The number of rotatable bonds is 5. The molecule has 1 amide bonds. The van der Waals surface area contributed by atoms with Gasteiger partial charge in [0.15, 0.2) is 0 Å². The summed E-state index contributed by atoms with van der Waals surface area (Å²) in [5.74, 6) is 0.921. The molecule has 2 fully saturated rings. The Morgan fingerprint density at radius 2 is 2.36 bits per heavy atom. The third-order valence-electron chi connectivity index (χ3n) is 4.91. The Kier molecular flexibility index (Phi) is 4.23. The number of aryl methyl sites for hydroxylation is 1. The van der Waals surface area contributed by atoms with Gasteiger partial charge in [0.2, 0.25) is 0 Å². The number of carbonyl (C=O) groups excluding carboxylic acids is 1. The molecule has 122 valence electrons. The van der Waals surface area contributed by atoms with E-state index in [1.165, 1.54) is 0 Å². The van der Waals surface area contributed by atoms with Crippen LogP contribution in [0.3, 0.4) is 0 Å². The Bertz CT molecular complexity index is 555. The summed E-state index contributed by atoms with van der Waals surface area (Å²) in [7, 11) is 3.51. The molecule has 6 nitrogen and oxygen atoms in total. The second kappa shape index (κ2) is 6.01. The van der Waals surface area contributed by atoms with Crippen LogP contribution in [-0.4, -0.2) is 48.2 Å². The smallest absolute Gasteiger partial charge is 0.269 e. The monoisotopic (exact) mass is 307 g/mol. The van der Waals surface area contributed by atoms with E-state index >= 15 is 0 Å². The minimum Gasteiger partial charge on any atom is -0.384 e. The van der Waals surface area contributed by atoms with E-state index in [9.17, 15) is 4.79 Å². The summed E-state index contributed by atoms with van der Waals surface area (Å²) in [6.45, 7) is 5.55. The maximum Gasteiger partial charge on any atom is 0.269 e. The molecule has 0 aromatic carbocycles. The first kappa shape index (κ1) is 15.5. The molecule has 1 aliphatic carbocycles. The van der Waals surface area contributed by atoms with Gasteiger partial charge in [0, 0.05) is 38.6 Å². The molecule has 0 bridgehead atoms. The number of nitrogens with one attached hydrogen (secondary N) is 1. The van der Waals surface area contributed by atoms with Crippen LogP contribution in [-0.2, 0) is 16.5 Å². The fourth-order valence-electron chi connectivity index (χ4n) is 3.64. The molecule has 0 spiro atoms. The molecule has 1 aromatic heterocycles. The van der Waals surface area contributed by atoms with E-state index in [2.05, 4.69) is 24.3 Å². The standard InChI is InChI=1S/C16H25N3O3/c1-9(2)12-7-13(19(3)18-12)16(20)17-14-10-5-6-22-15(10)11(14)8-21-4/h7,9-11,14-15H,5-6,8H2,1-4H3,(H,17,20)/t10-,11-,14-,15-/m1/s1. The van der Waals surface area contributed by atoms with Crippen molar-refractivity contribution < 1.29 is 14.3 Å². The van der Waals surface area contributed by atoms with Crippen molar-refractivity contribution in [1.82, 2.24) is 15.1 Å². The number of aromatic nitrogens is 2. The van der Waals surface area contributed by atoms with Crippen molar-refractivity contribution in [3.05, 3.63) is 17.5 Å². The summed E-state index contributed by atoms with van der Waals surface area (Å²) in [4.78, 5) is 12.6. The molecule has 1 aliphatic heterocycles. The second-order valence-electron chi connectivity index (χ2n) is 6.64. The predicted octanol–water partition coefficient (Wildman–Crippen LogP) is 1.32. The Morgan fingerprint density at radius 1 is 1.59 bits per heavy atom. The molecule has 1 aromatic rings. The average Bonchev–Trinajstić information content (AvgIpc) is 3.06. The summed E-state index contributed by atoms with van der Waals surface area (Å²) in [6, 6.07) is 2.02. The fraction of sp³-hybridized carbons (Fsp3) is 0.750. The van der Waals surface area contributed by atoms with Gasteiger partial charge in [0.1, 0.15) is 5.69 Å². The van der Waals surface area contributed by atoms with Crippen molar-refractivity contribution in [1.29, 1.82) is 0 Å². The van der Waals surface area contributed by atoms with Gasteiger partial charge in [-0.1, -0.05) is 13.8 Å². The number of fused-ring (bicyclic) bond motifs is 1. The fourth-order valence-corrected chi connectivity index (χ4v) is 3.64. The third kappa shape index (κ3) is 2.54. The van der Waals surface area contributed by atoms with Crippen LogP contribution in [0.1, 0.15) is 42.4 Å². The first-order chi connectivity index (χ1) is 10.5. The first-order valence-electron chi connectivity index (χ1n) is 7.98. The zero-order valence-electron chi connectivity index (χ0n) is 13.7. The molecule has 0 unspecified atom stereocenters. The lowest BCUT2D eigenvalue weighted by Gasteiger charge is -2.47. The quantitative estimate of drug-likeness (QED) is 0.891. The van der Waals surface area contributed by atoms with Crippen molar-refractivity contribution in [3.8, 4) is 0 Å². The Hall–Kier alpha value is -1.40. The lowest BCUT2D eigenvalue weighted by atomic mass is 9.67. The third-order valence-corrected chi connectivity index (χ3v) is 4.91. The van der Waals surface area contributed by atoms with Gasteiger partial charge < -0.3 is 14.8 Å². The number of hydrogen-bond acceptors (Lipinski definition) is 4. The average molecular weight is 307 g/mol. The summed E-state index contributed by atoms with van der Waals surface area (Å²) < 4.78 is 12.7. The highest BCUT2D eigenvalue weighted by atomic mass is 16.5. The van der Waals surface area contributed by atoms with E-state index in [1.807, 2.05) is 13.1 Å². The van der Waals surface area contributed by atoms with Gasteiger partial charge in [0.25, 0.3) is 5.91 Å². The van der Waals surface area contributed by atoms with Crippen LogP contribution in [0.2, 0.25) is 0 Å². The number of hydrogen-bond donors (Lipinski definition) is 1. The zero-order chi connectivity index (χ0) is 15.9. The molecule has 1 N–H and O–H groups in total. The van der Waals surface area contributed by atoms with Crippen LogP contribution in [0.15, 0.2) is 6.07 Å². The second-order valence-corrected chi connectivity index (χ2v) is 6.64. The van der Waals surface area contributed by atoms with Gasteiger partial charge in [-0.3, -0.25) is 9.48 Å². The summed E-state index contributed by atoms with van der Waals surface area (Å²) in [5, 5.41) is 7.58.